The van der Waals surface area contributed by atoms with Crippen LogP contribution in [0.4, 0.5) is 0 Å². The molecule has 2 aromatic carbocycles. The predicted octanol–water partition coefficient (Wildman–Crippen LogP) is 4.07. The molecule has 0 aliphatic heterocycles. The van der Waals surface area contributed by atoms with Crippen LogP contribution in [0.1, 0.15) is 35.3 Å². The fraction of sp³-hybridized carbons (Fsp3) is 0.375. The van der Waals surface area contributed by atoms with Gasteiger partial charge < -0.3 is 19.4 Å². The standard InChI is InChI=1S/C24H28N2O3/c1-26(2)15-18-8-4-3-7-17(18)14-25-24(27)16-28-19-11-12-23-21(13-19)20-9-5-6-10-22(20)29-23/h3-4,7-8,11-13H,5-6,9-10,14-16H2,1-2H3,(H,25,27). The van der Waals surface area contributed by atoms with E-state index < -0.39 is 0 Å². The quantitative estimate of drug-likeness (QED) is 0.659. The Hall–Kier alpha value is -2.79. The predicted molar refractivity (Wildman–Crippen MR) is 114 cm³/mol. The molecule has 1 aliphatic carbocycles. The Kier molecular flexibility index (Phi) is 5.86. The van der Waals surface area contributed by atoms with E-state index in [1.54, 1.807) is 0 Å². The van der Waals surface area contributed by atoms with Gasteiger partial charge in [-0.25, -0.2) is 0 Å². The zero-order chi connectivity index (χ0) is 20.2. The highest BCUT2D eigenvalue weighted by molar-refractivity contribution is 5.84. The number of rotatable bonds is 7. The van der Waals surface area contributed by atoms with Gasteiger partial charge in [0.2, 0.25) is 0 Å². The van der Waals surface area contributed by atoms with Gasteiger partial charge in [0.05, 0.1) is 0 Å². The SMILES string of the molecule is CN(C)Cc1ccccc1CNC(=O)COc1ccc2oc3c(c2c1)CCCC3. The van der Waals surface area contributed by atoms with Gasteiger partial charge in [0, 0.05) is 30.5 Å². The second-order valence-electron chi connectivity index (χ2n) is 7.94. The van der Waals surface area contributed by atoms with Crippen LogP contribution in [0.25, 0.3) is 11.0 Å². The van der Waals surface area contributed by atoms with Gasteiger partial charge in [-0.2, -0.15) is 0 Å². The van der Waals surface area contributed by atoms with Gasteiger partial charge in [-0.05, 0) is 62.7 Å². The molecule has 1 N–H and O–H groups in total. The van der Waals surface area contributed by atoms with Gasteiger partial charge >= 0.3 is 0 Å². The van der Waals surface area contributed by atoms with Crippen LogP contribution in [-0.2, 0) is 30.7 Å². The van der Waals surface area contributed by atoms with Gasteiger partial charge in [-0.1, -0.05) is 24.3 Å². The van der Waals surface area contributed by atoms with E-state index in [4.69, 9.17) is 9.15 Å². The second-order valence-corrected chi connectivity index (χ2v) is 7.94. The van der Waals surface area contributed by atoms with Crippen molar-refractivity contribution in [3.05, 3.63) is 64.9 Å². The molecule has 1 aromatic heterocycles. The minimum atomic E-state index is -0.126. The molecule has 0 fully saturated rings. The van der Waals surface area contributed by atoms with Crippen LogP contribution in [0.5, 0.6) is 5.75 Å². The Morgan fingerprint density at radius 3 is 2.72 bits per heavy atom. The van der Waals surface area contributed by atoms with E-state index in [9.17, 15) is 4.79 Å². The summed E-state index contributed by atoms with van der Waals surface area (Å²) in [5.74, 6) is 1.69. The second kappa shape index (κ2) is 8.70. The third kappa shape index (κ3) is 4.62. The van der Waals surface area contributed by atoms with Crippen molar-refractivity contribution >= 4 is 16.9 Å². The molecule has 0 spiro atoms. The minimum absolute atomic E-state index is 0.00138. The molecule has 5 heteroatoms. The highest BCUT2D eigenvalue weighted by Crippen LogP contribution is 2.33. The van der Waals surface area contributed by atoms with Crippen molar-refractivity contribution in [2.24, 2.45) is 0 Å². The summed E-state index contributed by atoms with van der Waals surface area (Å²) < 4.78 is 11.7. The van der Waals surface area contributed by atoms with Crippen molar-refractivity contribution in [2.75, 3.05) is 20.7 Å². The fourth-order valence-electron chi connectivity index (χ4n) is 3.95. The van der Waals surface area contributed by atoms with Gasteiger partial charge in [-0.3, -0.25) is 4.79 Å². The van der Waals surface area contributed by atoms with Crippen LogP contribution < -0.4 is 10.1 Å². The Bertz CT molecular complexity index is 1010. The van der Waals surface area contributed by atoms with Gasteiger partial charge in [0.15, 0.2) is 6.61 Å². The van der Waals surface area contributed by atoms with Crippen LogP contribution in [0.3, 0.4) is 0 Å². The number of ether oxygens (including phenoxy) is 1. The normalized spacial score (nSPS) is 13.5. The summed E-state index contributed by atoms with van der Waals surface area (Å²) in [6.45, 7) is 1.35. The maximum Gasteiger partial charge on any atom is 0.258 e. The number of carbonyl (C=O) groups excluding carboxylic acids is 1. The van der Waals surface area contributed by atoms with Gasteiger partial charge in [0.1, 0.15) is 17.1 Å². The lowest BCUT2D eigenvalue weighted by molar-refractivity contribution is -0.123. The van der Waals surface area contributed by atoms with Crippen molar-refractivity contribution in [1.82, 2.24) is 10.2 Å². The Labute approximate surface area is 171 Å². The number of aryl methyl sites for hydroxylation is 2. The molecular weight excluding hydrogens is 364 g/mol. The fourth-order valence-corrected chi connectivity index (χ4v) is 3.95. The molecule has 4 rings (SSSR count). The van der Waals surface area contributed by atoms with Crippen LogP contribution in [-0.4, -0.2) is 31.5 Å². The number of nitrogens with one attached hydrogen (secondary N) is 1. The van der Waals surface area contributed by atoms with Crippen molar-refractivity contribution in [3.63, 3.8) is 0 Å². The first-order chi connectivity index (χ1) is 14.1. The van der Waals surface area contributed by atoms with Crippen LogP contribution in [0.15, 0.2) is 46.9 Å². The van der Waals surface area contributed by atoms with E-state index in [-0.39, 0.29) is 12.5 Å². The smallest absolute Gasteiger partial charge is 0.258 e. The molecule has 1 aliphatic rings. The molecule has 0 bridgehead atoms. The molecule has 0 saturated carbocycles. The van der Waals surface area contributed by atoms with Crippen LogP contribution >= 0.6 is 0 Å². The van der Waals surface area contributed by atoms with Gasteiger partial charge in [-0.15, -0.1) is 0 Å². The topological polar surface area (TPSA) is 54.7 Å². The molecule has 29 heavy (non-hydrogen) atoms. The Morgan fingerprint density at radius 1 is 1.10 bits per heavy atom. The molecular formula is C24H28N2O3. The maximum absolute atomic E-state index is 12.3. The number of furan rings is 1. The molecule has 0 atom stereocenters. The summed E-state index contributed by atoms with van der Waals surface area (Å²) in [7, 11) is 4.08. The zero-order valence-electron chi connectivity index (χ0n) is 17.2. The average molecular weight is 392 g/mol. The Balaban J connectivity index is 1.35. The van der Waals surface area contributed by atoms with E-state index in [2.05, 4.69) is 22.3 Å². The highest BCUT2D eigenvalue weighted by atomic mass is 16.5. The lowest BCUT2D eigenvalue weighted by Gasteiger charge is -2.15. The van der Waals surface area contributed by atoms with Crippen molar-refractivity contribution < 1.29 is 13.9 Å². The number of amides is 1. The average Bonchev–Trinajstić information content (AvgIpc) is 3.09. The molecule has 1 amide bonds. The van der Waals surface area contributed by atoms with E-state index in [0.717, 1.165) is 41.7 Å². The number of hydrogen-bond donors (Lipinski definition) is 1. The molecule has 0 radical (unpaired) electrons. The summed E-state index contributed by atoms with van der Waals surface area (Å²) in [6, 6.07) is 14.0. The maximum atomic E-state index is 12.3. The first kappa shape index (κ1) is 19.5. The van der Waals surface area contributed by atoms with Crippen molar-refractivity contribution in [2.45, 2.75) is 38.8 Å². The van der Waals surface area contributed by atoms with E-state index in [0.29, 0.717) is 12.3 Å². The number of benzene rings is 2. The molecule has 5 nitrogen and oxygen atoms in total. The summed E-state index contributed by atoms with van der Waals surface area (Å²) in [6.07, 6.45) is 4.45. The van der Waals surface area contributed by atoms with Gasteiger partial charge in [0.25, 0.3) is 5.91 Å². The van der Waals surface area contributed by atoms with Crippen molar-refractivity contribution in [1.29, 1.82) is 0 Å². The summed E-state index contributed by atoms with van der Waals surface area (Å²) >= 11 is 0. The molecule has 3 aromatic rings. The lowest BCUT2D eigenvalue weighted by Crippen LogP contribution is -2.29. The monoisotopic (exact) mass is 392 g/mol. The summed E-state index contributed by atoms with van der Waals surface area (Å²) in [5.41, 5.74) is 4.56. The number of nitrogens with zero attached hydrogens (tertiary/aromatic N) is 1. The highest BCUT2D eigenvalue weighted by Gasteiger charge is 2.18. The number of hydrogen-bond acceptors (Lipinski definition) is 4. The minimum Gasteiger partial charge on any atom is -0.484 e. The third-order valence-electron chi connectivity index (χ3n) is 5.38. The van der Waals surface area contributed by atoms with E-state index in [1.807, 2.05) is 44.4 Å². The largest absolute Gasteiger partial charge is 0.484 e. The summed E-state index contributed by atoms with van der Waals surface area (Å²) in [5, 5.41) is 4.08. The zero-order valence-corrected chi connectivity index (χ0v) is 17.2. The van der Waals surface area contributed by atoms with Crippen LogP contribution in [0, 0.1) is 0 Å². The number of carbonyl (C=O) groups is 1. The summed E-state index contributed by atoms with van der Waals surface area (Å²) in [4.78, 5) is 14.4. The Morgan fingerprint density at radius 2 is 1.90 bits per heavy atom. The molecule has 1 heterocycles. The third-order valence-corrected chi connectivity index (χ3v) is 5.38. The van der Waals surface area contributed by atoms with E-state index in [1.165, 1.54) is 24.0 Å². The lowest BCUT2D eigenvalue weighted by atomic mass is 9.96. The molecule has 0 unspecified atom stereocenters. The molecule has 152 valence electrons. The molecule has 0 saturated heterocycles. The van der Waals surface area contributed by atoms with Crippen molar-refractivity contribution in [3.8, 4) is 5.75 Å². The van der Waals surface area contributed by atoms with Crippen LogP contribution in [0.2, 0.25) is 0 Å². The number of fused-ring (bicyclic) bond motifs is 3. The van der Waals surface area contributed by atoms with E-state index >= 15 is 0 Å². The first-order valence-electron chi connectivity index (χ1n) is 10.3. The first-order valence-corrected chi connectivity index (χ1v) is 10.3.